The maximum atomic E-state index is 13.0. The summed E-state index contributed by atoms with van der Waals surface area (Å²) in [7, 11) is 1.80. The lowest BCUT2D eigenvalue weighted by Crippen LogP contribution is -2.11. The van der Waals surface area contributed by atoms with E-state index >= 15 is 0 Å². The van der Waals surface area contributed by atoms with Crippen LogP contribution in [0.2, 0.25) is 0 Å². The highest BCUT2D eigenvalue weighted by molar-refractivity contribution is 9.10. The largest absolute Gasteiger partial charge is 0.507 e. The van der Waals surface area contributed by atoms with E-state index in [-0.39, 0.29) is 24.8 Å². The highest BCUT2D eigenvalue weighted by Gasteiger charge is 2.24. The van der Waals surface area contributed by atoms with Gasteiger partial charge in [0.1, 0.15) is 23.9 Å². The molecule has 0 fully saturated rings. The SMILES string of the molecule is CCOC(=O)c1c(COc2ccc(F)cc2)n(C)c2cc(Br)c(O)cc12. The first-order valence-electron chi connectivity index (χ1n) is 7.97. The Balaban J connectivity index is 2.06. The third-order valence-corrected chi connectivity index (χ3v) is 4.69. The Morgan fingerprint density at radius 1 is 1.27 bits per heavy atom. The zero-order chi connectivity index (χ0) is 18.8. The molecule has 3 aromatic rings. The molecule has 0 amide bonds. The predicted molar refractivity (Wildman–Crippen MR) is 99.0 cm³/mol. The van der Waals surface area contributed by atoms with Crippen molar-refractivity contribution in [3.8, 4) is 11.5 Å². The molecule has 0 saturated heterocycles. The fourth-order valence-electron chi connectivity index (χ4n) is 2.78. The van der Waals surface area contributed by atoms with Crippen molar-refractivity contribution in [2.24, 2.45) is 7.05 Å². The molecule has 0 saturated carbocycles. The second kappa shape index (κ2) is 7.37. The fraction of sp³-hybridized carbons (Fsp3) is 0.211. The molecular weight excluding hydrogens is 405 g/mol. The number of benzene rings is 2. The number of phenolic OH excluding ortho intramolecular Hbond substituents is 1. The third-order valence-electron chi connectivity index (χ3n) is 4.06. The quantitative estimate of drug-likeness (QED) is 0.614. The van der Waals surface area contributed by atoms with E-state index in [4.69, 9.17) is 9.47 Å². The molecule has 0 aliphatic rings. The number of ether oxygens (including phenoxy) is 2. The number of carbonyl (C=O) groups excluding carboxylic acids is 1. The molecule has 0 aliphatic heterocycles. The molecule has 5 nitrogen and oxygen atoms in total. The van der Waals surface area contributed by atoms with Crippen molar-refractivity contribution < 1.29 is 23.8 Å². The van der Waals surface area contributed by atoms with Crippen LogP contribution >= 0.6 is 15.9 Å². The smallest absolute Gasteiger partial charge is 0.340 e. The summed E-state index contributed by atoms with van der Waals surface area (Å²) in [6.45, 7) is 2.05. The Kier molecular flexibility index (Phi) is 5.18. The number of aromatic nitrogens is 1. The van der Waals surface area contributed by atoms with Crippen LogP contribution < -0.4 is 4.74 Å². The van der Waals surface area contributed by atoms with Crippen molar-refractivity contribution in [1.29, 1.82) is 0 Å². The number of aryl methyl sites for hydroxylation is 1. The number of phenols is 1. The zero-order valence-corrected chi connectivity index (χ0v) is 15.8. The van der Waals surface area contributed by atoms with Crippen LogP contribution in [0, 0.1) is 5.82 Å². The van der Waals surface area contributed by atoms with Crippen LogP contribution in [0.5, 0.6) is 11.5 Å². The minimum atomic E-state index is -0.488. The molecule has 7 heteroatoms. The van der Waals surface area contributed by atoms with Gasteiger partial charge in [-0.2, -0.15) is 0 Å². The molecule has 0 aliphatic carbocycles. The first kappa shape index (κ1) is 18.3. The van der Waals surface area contributed by atoms with E-state index in [0.29, 0.717) is 26.9 Å². The molecule has 2 aromatic carbocycles. The lowest BCUT2D eigenvalue weighted by molar-refractivity contribution is 0.0525. The van der Waals surface area contributed by atoms with Crippen LogP contribution in [0.1, 0.15) is 23.0 Å². The van der Waals surface area contributed by atoms with Gasteiger partial charge in [0.15, 0.2) is 0 Å². The first-order valence-corrected chi connectivity index (χ1v) is 8.77. The molecule has 0 radical (unpaired) electrons. The van der Waals surface area contributed by atoms with E-state index in [1.165, 1.54) is 30.3 Å². The monoisotopic (exact) mass is 421 g/mol. The van der Waals surface area contributed by atoms with E-state index in [9.17, 15) is 14.3 Å². The van der Waals surface area contributed by atoms with Crippen LogP contribution in [0.15, 0.2) is 40.9 Å². The first-order chi connectivity index (χ1) is 12.4. The Hall–Kier alpha value is -2.54. The molecule has 1 aromatic heterocycles. The highest BCUT2D eigenvalue weighted by atomic mass is 79.9. The highest BCUT2D eigenvalue weighted by Crippen LogP contribution is 2.34. The summed E-state index contributed by atoms with van der Waals surface area (Å²) in [4.78, 5) is 12.5. The van der Waals surface area contributed by atoms with E-state index < -0.39 is 5.97 Å². The Morgan fingerprint density at radius 2 is 1.96 bits per heavy atom. The van der Waals surface area contributed by atoms with Crippen molar-refractivity contribution in [1.82, 2.24) is 4.57 Å². The van der Waals surface area contributed by atoms with Crippen molar-refractivity contribution in [2.75, 3.05) is 6.61 Å². The lowest BCUT2D eigenvalue weighted by atomic mass is 10.1. The number of nitrogens with zero attached hydrogens (tertiary/aromatic N) is 1. The van der Waals surface area contributed by atoms with Crippen LogP contribution in [0.4, 0.5) is 4.39 Å². The minimum absolute atomic E-state index is 0.0275. The normalized spacial score (nSPS) is 10.9. The van der Waals surface area contributed by atoms with Crippen molar-refractivity contribution in [3.63, 3.8) is 0 Å². The molecular formula is C19H17BrFNO4. The number of esters is 1. The minimum Gasteiger partial charge on any atom is -0.507 e. The van der Waals surface area contributed by atoms with Crippen molar-refractivity contribution in [3.05, 3.63) is 57.9 Å². The molecule has 1 heterocycles. The van der Waals surface area contributed by atoms with Gasteiger partial charge in [0, 0.05) is 12.4 Å². The van der Waals surface area contributed by atoms with E-state index in [0.717, 1.165) is 5.52 Å². The summed E-state index contributed by atoms with van der Waals surface area (Å²) in [6.07, 6.45) is 0. The predicted octanol–water partition coefficient (Wildman–Crippen LogP) is 4.54. The number of fused-ring (bicyclic) bond motifs is 1. The van der Waals surface area contributed by atoms with Gasteiger partial charge in [-0.05, 0) is 59.3 Å². The molecule has 0 spiro atoms. The van der Waals surface area contributed by atoms with Gasteiger partial charge in [0.25, 0.3) is 0 Å². The molecule has 3 rings (SSSR count). The van der Waals surface area contributed by atoms with Gasteiger partial charge in [0.05, 0.1) is 27.9 Å². The van der Waals surface area contributed by atoms with Gasteiger partial charge in [-0.25, -0.2) is 9.18 Å². The second-order valence-electron chi connectivity index (χ2n) is 5.66. The third kappa shape index (κ3) is 3.39. The van der Waals surface area contributed by atoms with E-state index in [1.807, 2.05) is 4.57 Å². The zero-order valence-electron chi connectivity index (χ0n) is 14.3. The maximum Gasteiger partial charge on any atom is 0.340 e. The van der Waals surface area contributed by atoms with Gasteiger partial charge in [-0.1, -0.05) is 0 Å². The molecule has 0 bridgehead atoms. The van der Waals surface area contributed by atoms with Crippen molar-refractivity contribution in [2.45, 2.75) is 13.5 Å². The van der Waals surface area contributed by atoms with Crippen LogP contribution in [0.25, 0.3) is 10.9 Å². The summed E-state index contributed by atoms with van der Waals surface area (Å²) in [5.74, 6) is -0.331. The van der Waals surface area contributed by atoms with Crippen molar-refractivity contribution >= 4 is 32.8 Å². The Morgan fingerprint density at radius 3 is 2.62 bits per heavy atom. The number of rotatable bonds is 5. The molecule has 0 atom stereocenters. The molecule has 0 unspecified atom stereocenters. The average molecular weight is 422 g/mol. The molecule has 1 N–H and O–H groups in total. The van der Waals surface area contributed by atoms with Crippen LogP contribution in [-0.4, -0.2) is 22.2 Å². The van der Waals surface area contributed by atoms with Crippen LogP contribution in [0.3, 0.4) is 0 Å². The second-order valence-corrected chi connectivity index (χ2v) is 6.52. The topological polar surface area (TPSA) is 60.7 Å². The number of aromatic hydroxyl groups is 1. The average Bonchev–Trinajstić information content (AvgIpc) is 2.87. The Labute approximate surface area is 158 Å². The maximum absolute atomic E-state index is 13.0. The fourth-order valence-corrected chi connectivity index (χ4v) is 3.11. The number of hydrogen-bond donors (Lipinski definition) is 1. The van der Waals surface area contributed by atoms with Gasteiger partial charge in [-0.3, -0.25) is 0 Å². The summed E-state index contributed by atoms with van der Waals surface area (Å²) < 4.78 is 26.3. The summed E-state index contributed by atoms with van der Waals surface area (Å²) >= 11 is 3.29. The number of hydrogen-bond acceptors (Lipinski definition) is 4. The van der Waals surface area contributed by atoms with Gasteiger partial charge in [-0.15, -0.1) is 0 Å². The molecule has 136 valence electrons. The summed E-state index contributed by atoms with van der Waals surface area (Å²) in [6, 6.07) is 8.90. The van der Waals surface area contributed by atoms with Gasteiger partial charge in [0.2, 0.25) is 0 Å². The lowest BCUT2D eigenvalue weighted by Gasteiger charge is -2.10. The summed E-state index contributed by atoms with van der Waals surface area (Å²) in [5.41, 5.74) is 1.69. The van der Waals surface area contributed by atoms with E-state index in [1.54, 1.807) is 20.0 Å². The standard InChI is InChI=1S/C19H17BrFNO4/c1-3-25-19(24)18-13-8-17(23)14(20)9-15(13)22(2)16(18)10-26-12-6-4-11(21)5-7-12/h4-9,23H,3,10H2,1-2H3. The summed E-state index contributed by atoms with van der Waals surface area (Å²) in [5, 5.41) is 10.6. The molecule has 26 heavy (non-hydrogen) atoms. The van der Waals surface area contributed by atoms with Gasteiger partial charge >= 0.3 is 5.97 Å². The van der Waals surface area contributed by atoms with Crippen LogP contribution in [-0.2, 0) is 18.4 Å². The Bertz CT molecular complexity index is 966. The number of carbonyl (C=O) groups is 1. The number of halogens is 2. The van der Waals surface area contributed by atoms with E-state index in [2.05, 4.69) is 15.9 Å². The van der Waals surface area contributed by atoms with Gasteiger partial charge < -0.3 is 19.1 Å².